The van der Waals surface area contributed by atoms with E-state index < -0.39 is 29.5 Å². The molecule has 2 unspecified atom stereocenters. The van der Waals surface area contributed by atoms with Crippen molar-refractivity contribution >= 4 is 17.8 Å². The number of cyclic esters (lactones) is 1. The van der Waals surface area contributed by atoms with Crippen molar-refractivity contribution in [3.05, 3.63) is 35.4 Å². The van der Waals surface area contributed by atoms with Crippen LogP contribution in [0, 0.1) is 0 Å². The minimum Gasteiger partial charge on any atom is -0.423 e. The van der Waals surface area contributed by atoms with E-state index >= 15 is 0 Å². The lowest BCUT2D eigenvalue weighted by Gasteiger charge is -2.24. The standard InChI is InChI=1S/C12H12N2O5/c13-10(16)7-3-1-6(2-4-7)8-5-9(15)19-12(8,18)11(14)17/h1-4,8,18H,5H2,(H2,13,16)(H2,14,17). The molecule has 1 aromatic rings. The first-order valence-corrected chi connectivity index (χ1v) is 5.48. The van der Waals surface area contributed by atoms with Crippen LogP contribution in [0.4, 0.5) is 0 Å². The van der Waals surface area contributed by atoms with E-state index in [9.17, 15) is 19.5 Å². The van der Waals surface area contributed by atoms with E-state index in [1.807, 2.05) is 0 Å². The molecule has 2 amide bonds. The highest BCUT2D eigenvalue weighted by Crippen LogP contribution is 2.38. The molecule has 0 aromatic heterocycles. The van der Waals surface area contributed by atoms with E-state index in [1.54, 1.807) is 0 Å². The second-order valence-electron chi connectivity index (χ2n) is 4.28. The van der Waals surface area contributed by atoms with Crippen molar-refractivity contribution in [3.8, 4) is 0 Å². The van der Waals surface area contributed by atoms with Gasteiger partial charge in [0.25, 0.3) is 11.7 Å². The number of carbonyl (C=O) groups is 3. The second kappa shape index (κ2) is 4.36. The van der Waals surface area contributed by atoms with Crippen LogP contribution >= 0.6 is 0 Å². The molecule has 0 bridgehead atoms. The summed E-state index contributed by atoms with van der Waals surface area (Å²) in [6, 6.07) is 5.84. The SMILES string of the molecule is NC(=O)c1ccc(C2CC(=O)OC2(O)C(N)=O)cc1. The highest BCUT2D eigenvalue weighted by atomic mass is 16.7. The average molecular weight is 264 g/mol. The van der Waals surface area contributed by atoms with Gasteiger partial charge in [-0.15, -0.1) is 0 Å². The third-order valence-corrected chi connectivity index (χ3v) is 3.06. The van der Waals surface area contributed by atoms with Crippen molar-refractivity contribution in [2.24, 2.45) is 11.5 Å². The van der Waals surface area contributed by atoms with Crippen LogP contribution in [0.5, 0.6) is 0 Å². The fraction of sp³-hybridized carbons (Fsp3) is 0.250. The molecule has 0 radical (unpaired) electrons. The molecule has 0 saturated carbocycles. The number of primary amides is 2. The number of ether oxygens (including phenoxy) is 1. The third kappa shape index (κ3) is 2.15. The Labute approximate surface area is 108 Å². The maximum Gasteiger partial charge on any atom is 0.309 e. The van der Waals surface area contributed by atoms with Gasteiger partial charge in [-0.3, -0.25) is 14.4 Å². The van der Waals surface area contributed by atoms with Crippen LogP contribution in [0.3, 0.4) is 0 Å². The van der Waals surface area contributed by atoms with Crippen LogP contribution in [-0.2, 0) is 14.3 Å². The molecule has 1 aromatic carbocycles. The number of rotatable bonds is 3. The topological polar surface area (TPSA) is 133 Å². The van der Waals surface area contributed by atoms with Gasteiger partial charge in [-0.25, -0.2) is 0 Å². The van der Waals surface area contributed by atoms with Crippen molar-refractivity contribution in [2.75, 3.05) is 0 Å². The Morgan fingerprint density at radius 3 is 2.32 bits per heavy atom. The number of hydrogen-bond donors (Lipinski definition) is 3. The van der Waals surface area contributed by atoms with E-state index in [0.29, 0.717) is 5.56 Å². The van der Waals surface area contributed by atoms with Gasteiger partial charge in [-0.1, -0.05) is 12.1 Å². The van der Waals surface area contributed by atoms with Crippen LogP contribution in [0.2, 0.25) is 0 Å². The van der Waals surface area contributed by atoms with Gasteiger partial charge in [0.15, 0.2) is 0 Å². The van der Waals surface area contributed by atoms with Gasteiger partial charge < -0.3 is 21.3 Å². The smallest absolute Gasteiger partial charge is 0.309 e. The molecule has 5 N–H and O–H groups in total. The molecule has 1 heterocycles. The Balaban J connectivity index is 2.37. The molecule has 7 heteroatoms. The van der Waals surface area contributed by atoms with Gasteiger partial charge in [0.1, 0.15) is 0 Å². The van der Waals surface area contributed by atoms with Crippen LogP contribution < -0.4 is 11.5 Å². The number of aliphatic hydroxyl groups is 1. The molecular formula is C12H12N2O5. The van der Waals surface area contributed by atoms with Crippen LogP contribution in [-0.4, -0.2) is 28.7 Å². The van der Waals surface area contributed by atoms with Crippen LogP contribution in [0.15, 0.2) is 24.3 Å². The second-order valence-corrected chi connectivity index (χ2v) is 4.28. The zero-order valence-corrected chi connectivity index (χ0v) is 9.83. The van der Waals surface area contributed by atoms with Crippen molar-refractivity contribution in [3.63, 3.8) is 0 Å². The summed E-state index contributed by atoms with van der Waals surface area (Å²) in [4.78, 5) is 33.4. The third-order valence-electron chi connectivity index (χ3n) is 3.06. The molecule has 2 atom stereocenters. The quantitative estimate of drug-likeness (QED) is 0.601. The van der Waals surface area contributed by atoms with Gasteiger partial charge in [0, 0.05) is 5.56 Å². The first-order chi connectivity index (χ1) is 8.84. The summed E-state index contributed by atoms with van der Waals surface area (Å²) in [6.45, 7) is 0. The van der Waals surface area contributed by atoms with Crippen molar-refractivity contribution in [1.82, 2.24) is 0 Å². The van der Waals surface area contributed by atoms with Gasteiger partial charge >= 0.3 is 5.97 Å². The zero-order chi connectivity index (χ0) is 14.2. The lowest BCUT2D eigenvalue weighted by Crippen LogP contribution is -2.47. The highest BCUT2D eigenvalue weighted by molar-refractivity contribution is 5.93. The van der Waals surface area contributed by atoms with Gasteiger partial charge in [0.05, 0.1) is 12.3 Å². The van der Waals surface area contributed by atoms with E-state index in [2.05, 4.69) is 4.74 Å². The predicted molar refractivity (Wildman–Crippen MR) is 62.6 cm³/mol. The number of hydrogen-bond acceptors (Lipinski definition) is 5. The Kier molecular flexibility index (Phi) is 2.99. The molecule has 1 fully saturated rings. The molecule has 1 aliphatic rings. The minimum atomic E-state index is -2.36. The van der Waals surface area contributed by atoms with Gasteiger partial charge in [-0.2, -0.15) is 0 Å². The number of nitrogens with two attached hydrogens (primary N) is 2. The maximum absolute atomic E-state index is 11.3. The Bertz CT molecular complexity index is 554. The lowest BCUT2D eigenvalue weighted by atomic mass is 9.89. The molecule has 0 aliphatic carbocycles. The first kappa shape index (κ1) is 13.0. The van der Waals surface area contributed by atoms with Crippen molar-refractivity contribution in [1.29, 1.82) is 0 Å². The fourth-order valence-corrected chi connectivity index (χ4v) is 2.04. The van der Waals surface area contributed by atoms with Gasteiger partial charge in [-0.05, 0) is 17.7 Å². The van der Waals surface area contributed by atoms with Crippen LogP contribution in [0.25, 0.3) is 0 Å². The molecule has 2 rings (SSSR count). The molecule has 1 saturated heterocycles. The van der Waals surface area contributed by atoms with E-state index in [1.165, 1.54) is 24.3 Å². The molecule has 19 heavy (non-hydrogen) atoms. The summed E-state index contributed by atoms with van der Waals surface area (Å²) < 4.78 is 4.61. The predicted octanol–water partition coefficient (Wildman–Crippen LogP) is -1.01. The summed E-state index contributed by atoms with van der Waals surface area (Å²) in [5.74, 6) is -5.71. The van der Waals surface area contributed by atoms with Crippen molar-refractivity contribution < 1.29 is 24.2 Å². The summed E-state index contributed by atoms with van der Waals surface area (Å²) >= 11 is 0. The molecule has 0 spiro atoms. The lowest BCUT2D eigenvalue weighted by molar-refractivity contribution is -0.197. The normalized spacial score (nSPS) is 25.9. The summed E-state index contributed by atoms with van der Waals surface area (Å²) in [5, 5.41) is 10.0. The molecule has 1 aliphatic heterocycles. The summed E-state index contributed by atoms with van der Waals surface area (Å²) in [6.07, 6.45) is -0.171. The molecular weight excluding hydrogens is 252 g/mol. The van der Waals surface area contributed by atoms with Gasteiger partial charge in [0.2, 0.25) is 5.91 Å². The number of benzene rings is 1. The monoisotopic (exact) mass is 264 g/mol. The number of carbonyl (C=O) groups excluding carboxylic acids is 3. The zero-order valence-electron chi connectivity index (χ0n) is 9.83. The maximum atomic E-state index is 11.3. The number of esters is 1. The Morgan fingerprint density at radius 1 is 1.26 bits per heavy atom. The summed E-state index contributed by atoms with van der Waals surface area (Å²) in [7, 11) is 0. The number of amides is 2. The largest absolute Gasteiger partial charge is 0.423 e. The average Bonchev–Trinajstić information content (AvgIpc) is 2.66. The minimum absolute atomic E-state index is 0.171. The highest BCUT2D eigenvalue weighted by Gasteiger charge is 2.53. The van der Waals surface area contributed by atoms with E-state index in [-0.39, 0.29) is 12.0 Å². The van der Waals surface area contributed by atoms with Crippen molar-refractivity contribution in [2.45, 2.75) is 18.1 Å². The van der Waals surface area contributed by atoms with E-state index in [0.717, 1.165) is 0 Å². The molecule has 100 valence electrons. The van der Waals surface area contributed by atoms with E-state index in [4.69, 9.17) is 11.5 Å². The summed E-state index contributed by atoms with van der Waals surface area (Å²) in [5.41, 5.74) is 10.9. The molecule has 7 nitrogen and oxygen atoms in total. The Hall–Kier alpha value is -2.41. The Morgan fingerprint density at radius 2 is 1.84 bits per heavy atom. The van der Waals surface area contributed by atoms with Crippen LogP contribution in [0.1, 0.15) is 28.3 Å². The first-order valence-electron chi connectivity index (χ1n) is 5.48. The fourth-order valence-electron chi connectivity index (χ4n) is 2.04.